The predicted molar refractivity (Wildman–Crippen MR) is 134 cm³/mol. The number of likely N-dealkylation sites (tertiary alicyclic amines) is 2. The first kappa shape index (κ1) is 22.7. The second-order valence-corrected chi connectivity index (χ2v) is 9.90. The molecule has 0 bridgehead atoms. The third-order valence-corrected chi connectivity index (χ3v) is 7.75. The van der Waals surface area contributed by atoms with Gasteiger partial charge < -0.3 is 20.1 Å². The summed E-state index contributed by atoms with van der Waals surface area (Å²) in [5, 5.41) is 4.09. The molecule has 3 aromatic rings. The Morgan fingerprint density at radius 2 is 1.59 bits per heavy atom. The number of benzene rings is 2. The standard InChI is InChI=1S/C28H34N4O2/c1-31-15-10-20(11-16-31)21-12-17-32(18-13-21)28(34)26(23-5-3-2-4-6-23)30-27(33)24-8-7-22-9-14-29-25(22)19-24/h2-9,14,19-21,26,29H,10-13,15-18H2,1H3,(H,30,33)/t26-/m1/s1. The lowest BCUT2D eigenvalue weighted by atomic mass is 9.79. The highest BCUT2D eigenvalue weighted by Crippen LogP contribution is 2.33. The number of aromatic nitrogens is 1. The van der Waals surface area contributed by atoms with E-state index in [0.29, 0.717) is 11.5 Å². The molecule has 6 heteroatoms. The number of amides is 2. The number of aromatic amines is 1. The lowest BCUT2D eigenvalue weighted by Gasteiger charge is -2.40. The van der Waals surface area contributed by atoms with Gasteiger partial charge in [-0.2, -0.15) is 0 Å². The average molecular weight is 459 g/mol. The van der Waals surface area contributed by atoms with Gasteiger partial charge in [-0.05, 0) is 86.8 Å². The van der Waals surface area contributed by atoms with E-state index in [4.69, 9.17) is 0 Å². The van der Waals surface area contributed by atoms with Crippen LogP contribution in [0.1, 0.15) is 47.6 Å². The highest BCUT2D eigenvalue weighted by atomic mass is 16.2. The highest BCUT2D eigenvalue weighted by molar-refractivity contribution is 6.00. The molecule has 0 radical (unpaired) electrons. The number of H-pyrrole nitrogens is 1. The van der Waals surface area contributed by atoms with Gasteiger partial charge in [-0.25, -0.2) is 0 Å². The zero-order valence-electron chi connectivity index (χ0n) is 19.9. The van der Waals surface area contributed by atoms with Crippen LogP contribution in [0, 0.1) is 11.8 Å². The van der Waals surface area contributed by atoms with E-state index in [1.807, 2.05) is 65.7 Å². The molecule has 0 saturated carbocycles. The summed E-state index contributed by atoms with van der Waals surface area (Å²) in [6, 6.07) is 16.5. The maximum atomic E-state index is 13.7. The van der Waals surface area contributed by atoms with Crippen molar-refractivity contribution in [3.05, 3.63) is 71.9 Å². The van der Waals surface area contributed by atoms with Crippen molar-refractivity contribution in [1.29, 1.82) is 0 Å². The average Bonchev–Trinajstić information content (AvgIpc) is 3.36. The molecule has 6 nitrogen and oxygen atoms in total. The number of carbonyl (C=O) groups excluding carboxylic acids is 2. The Labute approximate surface area is 201 Å². The molecule has 34 heavy (non-hydrogen) atoms. The van der Waals surface area contributed by atoms with Gasteiger partial charge in [0.15, 0.2) is 0 Å². The fraction of sp³-hybridized carbons (Fsp3) is 0.429. The van der Waals surface area contributed by atoms with Crippen LogP contribution in [0.2, 0.25) is 0 Å². The minimum Gasteiger partial charge on any atom is -0.361 e. The van der Waals surface area contributed by atoms with Crippen LogP contribution in [-0.4, -0.2) is 59.8 Å². The summed E-state index contributed by atoms with van der Waals surface area (Å²) in [6.07, 6.45) is 6.50. The molecule has 2 fully saturated rings. The van der Waals surface area contributed by atoms with E-state index < -0.39 is 6.04 Å². The molecule has 2 amide bonds. The Hall–Kier alpha value is -3.12. The Balaban J connectivity index is 1.28. The van der Waals surface area contributed by atoms with Crippen LogP contribution in [0.4, 0.5) is 0 Å². The van der Waals surface area contributed by atoms with Gasteiger partial charge in [0.1, 0.15) is 6.04 Å². The van der Waals surface area contributed by atoms with Gasteiger partial charge in [-0.3, -0.25) is 9.59 Å². The number of fused-ring (bicyclic) bond motifs is 1. The third-order valence-electron chi connectivity index (χ3n) is 7.75. The predicted octanol–water partition coefficient (Wildman–Crippen LogP) is 4.22. The van der Waals surface area contributed by atoms with Crippen molar-refractivity contribution in [2.75, 3.05) is 33.2 Å². The van der Waals surface area contributed by atoms with Gasteiger partial charge in [-0.15, -0.1) is 0 Å². The van der Waals surface area contributed by atoms with Crippen LogP contribution in [0.5, 0.6) is 0 Å². The molecule has 2 aliphatic rings. The maximum Gasteiger partial charge on any atom is 0.252 e. The van der Waals surface area contributed by atoms with Crippen LogP contribution >= 0.6 is 0 Å². The molecule has 0 unspecified atom stereocenters. The zero-order valence-corrected chi connectivity index (χ0v) is 19.9. The SMILES string of the molecule is CN1CCC(C2CCN(C(=O)[C@H](NC(=O)c3ccc4cc[nH]c4c3)c3ccccc3)CC2)CC1. The molecule has 1 atom stereocenters. The third kappa shape index (κ3) is 4.87. The monoisotopic (exact) mass is 458 g/mol. The number of hydrogen-bond donors (Lipinski definition) is 2. The molecular weight excluding hydrogens is 424 g/mol. The molecule has 2 aliphatic heterocycles. The summed E-state index contributed by atoms with van der Waals surface area (Å²) in [5.41, 5.74) is 2.27. The molecule has 5 rings (SSSR count). The van der Waals surface area contributed by atoms with E-state index in [1.165, 1.54) is 25.9 Å². The Bertz CT molecular complexity index is 1130. The summed E-state index contributed by atoms with van der Waals surface area (Å²) < 4.78 is 0. The first-order chi connectivity index (χ1) is 16.6. The number of piperidine rings is 2. The minimum absolute atomic E-state index is 0.0117. The topological polar surface area (TPSA) is 68.4 Å². The van der Waals surface area contributed by atoms with E-state index in [9.17, 15) is 9.59 Å². The van der Waals surface area contributed by atoms with Gasteiger partial charge >= 0.3 is 0 Å². The largest absolute Gasteiger partial charge is 0.361 e. The van der Waals surface area contributed by atoms with Crippen molar-refractivity contribution in [1.82, 2.24) is 20.1 Å². The highest BCUT2D eigenvalue weighted by Gasteiger charge is 2.33. The number of rotatable bonds is 5. The van der Waals surface area contributed by atoms with E-state index >= 15 is 0 Å². The van der Waals surface area contributed by atoms with Crippen LogP contribution in [0.25, 0.3) is 10.9 Å². The summed E-state index contributed by atoms with van der Waals surface area (Å²) >= 11 is 0. The van der Waals surface area contributed by atoms with Crippen LogP contribution in [0.15, 0.2) is 60.8 Å². The zero-order chi connectivity index (χ0) is 23.5. The maximum absolute atomic E-state index is 13.7. The lowest BCUT2D eigenvalue weighted by Crippen LogP contribution is -2.47. The van der Waals surface area contributed by atoms with Gasteiger partial charge in [0.05, 0.1) is 0 Å². The summed E-state index contributed by atoms with van der Waals surface area (Å²) in [6.45, 7) is 3.90. The molecule has 0 aliphatic carbocycles. The van der Waals surface area contributed by atoms with Crippen molar-refractivity contribution < 1.29 is 9.59 Å². The second kappa shape index (κ2) is 10.0. The molecule has 178 valence electrons. The lowest BCUT2D eigenvalue weighted by molar-refractivity contribution is -0.135. The number of carbonyl (C=O) groups is 2. The Kier molecular flexibility index (Phi) is 6.68. The van der Waals surface area contributed by atoms with Crippen LogP contribution in [-0.2, 0) is 4.79 Å². The van der Waals surface area contributed by atoms with Gasteiger partial charge in [0.2, 0.25) is 5.91 Å². The van der Waals surface area contributed by atoms with Crippen molar-refractivity contribution in [3.63, 3.8) is 0 Å². The first-order valence-electron chi connectivity index (χ1n) is 12.5. The van der Waals surface area contributed by atoms with Crippen LogP contribution in [0.3, 0.4) is 0 Å². The normalized spacial score (nSPS) is 19.3. The van der Waals surface area contributed by atoms with Crippen molar-refractivity contribution >= 4 is 22.7 Å². The quantitative estimate of drug-likeness (QED) is 0.602. The van der Waals surface area contributed by atoms with Crippen molar-refractivity contribution in [3.8, 4) is 0 Å². The number of hydrogen-bond acceptors (Lipinski definition) is 3. The van der Waals surface area contributed by atoms with Gasteiger partial charge in [0.25, 0.3) is 5.91 Å². The molecule has 3 heterocycles. The van der Waals surface area contributed by atoms with Gasteiger partial charge in [-0.1, -0.05) is 36.4 Å². The fourth-order valence-corrected chi connectivity index (χ4v) is 5.61. The summed E-state index contributed by atoms with van der Waals surface area (Å²) in [4.78, 5) is 34.3. The Morgan fingerprint density at radius 3 is 2.29 bits per heavy atom. The molecule has 2 aromatic carbocycles. The number of nitrogens with one attached hydrogen (secondary N) is 2. The molecule has 2 N–H and O–H groups in total. The fourth-order valence-electron chi connectivity index (χ4n) is 5.61. The molecule has 0 spiro atoms. The van der Waals surface area contributed by atoms with Gasteiger partial charge in [0, 0.05) is 30.4 Å². The van der Waals surface area contributed by atoms with Crippen molar-refractivity contribution in [2.24, 2.45) is 11.8 Å². The number of nitrogens with zero attached hydrogens (tertiary/aromatic N) is 2. The second-order valence-electron chi connectivity index (χ2n) is 9.90. The van der Waals surface area contributed by atoms with E-state index in [2.05, 4.69) is 22.2 Å². The summed E-state index contributed by atoms with van der Waals surface area (Å²) in [5.74, 6) is 1.23. The van der Waals surface area contributed by atoms with Crippen LogP contribution < -0.4 is 5.32 Å². The first-order valence-corrected chi connectivity index (χ1v) is 12.5. The van der Waals surface area contributed by atoms with E-state index in [-0.39, 0.29) is 11.8 Å². The minimum atomic E-state index is -0.687. The summed E-state index contributed by atoms with van der Waals surface area (Å²) in [7, 11) is 2.20. The smallest absolute Gasteiger partial charge is 0.252 e. The molecular formula is C28H34N4O2. The molecule has 1 aromatic heterocycles. The Morgan fingerprint density at radius 1 is 0.912 bits per heavy atom. The molecule has 2 saturated heterocycles. The van der Waals surface area contributed by atoms with E-state index in [0.717, 1.165) is 48.3 Å². The van der Waals surface area contributed by atoms with E-state index in [1.54, 1.807) is 0 Å². The van der Waals surface area contributed by atoms with Crippen molar-refractivity contribution in [2.45, 2.75) is 31.7 Å².